The zero-order valence-corrected chi connectivity index (χ0v) is 14.1. The number of benzene rings is 1. The lowest BCUT2D eigenvalue weighted by Crippen LogP contribution is -2.39. The Morgan fingerprint density at radius 1 is 1.19 bits per heavy atom. The first-order valence-corrected chi connectivity index (χ1v) is 8.64. The van der Waals surface area contributed by atoms with Crippen molar-refractivity contribution in [3.05, 3.63) is 90.2 Å². The van der Waals surface area contributed by atoms with Crippen LogP contribution < -0.4 is 5.43 Å². The normalized spacial score (nSPS) is 20.7. The van der Waals surface area contributed by atoms with Gasteiger partial charge in [0.25, 0.3) is 0 Å². The molecule has 0 amide bonds. The molecular formula is C21H17N5. The molecule has 1 unspecified atom stereocenters. The lowest BCUT2D eigenvalue weighted by molar-refractivity contribution is 0.454. The molecule has 2 aromatic rings. The molecule has 0 spiro atoms. The van der Waals surface area contributed by atoms with Gasteiger partial charge in [-0.3, -0.25) is 10.4 Å². The van der Waals surface area contributed by atoms with Gasteiger partial charge in [0.15, 0.2) is 5.82 Å². The monoisotopic (exact) mass is 339 g/mol. The van der Waals surface area contributed by atoms with Crippen molar-refractivity contribution < 1.29 is 0 Å². The Hall–Kier alpha value is -3.47. The number of hydrazone groups is 1. The largest absolute Gasteiger partial charge is 0.336 e. The molecule has 126 valence electrons. The number of fused-ring (bicyclic) bond motifs is 4. The van der Waals surface area contributed by atoms with Crippen molar-refractivity contribution in [3.8, 4) is 0 Å². The summed E-state index contributed by atoms with van der Waals surface area (Å²) in [6.07, 6.45) is 17.1. The molecule has 0 saturated carbocycles. The minimum absolute atomic E-state index is 0.187. The van der Waals surface area contributed by atoms with Crippen molar-refractivity contribution in [2.75, 3.05) is 0 Å². The molecule has 1 aromatic carbocycles. The summed E-state index contributed by atoms with van der Waals surface area (Å²) in [5, 5.41) is 5.53. The van der Waals surface area contributed by atoms with Crippen LogP contribution in [0.15, 0.2) is 94.7 Å². The Kier molecular flexibility index (Phi) is 3.49. The fourth-order valence-electron chi connectivity index (χ4n) is 3.49. The number of hydrogen-bond donors (Lipinski definition) is 1. The van der Waals surface area contributed by atoms with Crippen LogP contribution in [0.4, 0.5) is 0 Å². The molecule has 2 aliphatic heterocycles. The first-order chi connectivity index (χ1) is 12.9. The topological polar surface area (TPSA) is 52.9 Å². The number of rotatable bonds is 3. The van der Waals surface area contributed by atoms with Gasteiger partial charge in [0.2, 0.25) is 0 Å². The van der Waals surface area contributed by atoms with E-state index in [0.717, 1.165) is 40.1 Å². The number of nitrogens with one attached hydrogen (secondary N) is 1. The summed E-state index contributed by atoms with van der Waals surface area (Å²) in [5.41, 5.74) is 7.30. The molecule has 1 atom stereocenters. The van der Waals surface area contributed by atoms with Crippen LogP contribution in [0.5, 0.6) is 0 Å². The van der Waals surface area contributed by atoms with Gasteiger partial charge in [-0.25, -0.2) is 4.99 Å². The van der Waals surface area contributed by atoms with Crippen LogP contribution in [0.3, 0.4) is 0 Å². The molecule has 0 radical (unpaired) electrons. The third kappa shape index (κ3) is 2.45. The van der Waals surface area contributed by atoms with E-state index in [4.69, 9.17) is 4.99 Å². The molecule has 5 heteroatoms. The van der Waals surface area contributed by atoms with E-state index in [9.17, 15) is 0 Å². The fourth-order valence-corrected chi connectivity index (χ4v) is 3.49. The van der Waals surface area contributed by atoms with Crippen LogP contribution in [-0.2, 0) is 0 Å². The van der Waals surface area contributed by atoms with E-state index in [1.807, 2.05) is 36.6 Å². The molecule has 5 nitrogen and oxygen atoms in total. The lowest BCUT2D eigenvalue weighted by Gasteiger charge is -2.33. The Morgan fingerprint density at radius 2 is 2.15 bits per heavy atom. The second-order valence-electron chi connectivity index (χ2n) is 6.30. The van der Waals surface area contributed by atoms with Crippen molar-refractivity contribution in [1.29, 1.82) is 0 Å². The third-order valence-electron chi connectivity index (χ3n) is 4.73. The molecule has 1 aliphatic carbocycles. The average molecular weight is 339 g/mol. The summed E-state index contributed by atoms with van der Waals surface area (Å²) in [5.74, 6) is 0.802. The fraction of sp³-hybridized carbons (Fsp3) is 0.0952. The standard InChI is InChI=1S/C21H17N5/c1-2-7-17-16(6-1)15(11-12-22-17)14-23-25-21-20-10-5-13-26(20)19-9-4-3-8-18(19)24-21/h1-9,11-14,19,25H,10H2/b23-14+. The van der Waals surface area contributed by atoms with E-state index in [1.54, 1.807) is 6.20 Å². The molecular weight excluding hydrogens is 322 g/mol. The molecule has 26 heavy (non-hydrogen) atoms. The number of allylic oxidation sites excluding steroid dienone is 3. The highest BCUT2D eigenvalue weighted by atomic mass is 15.4. The van der Waals surface area contributed by atoms with E-state index < -0.39 is 0 Å². The Labute approximate surface area is 151 Å². The number of nitrogens with zero attached hydrogens (tertiary/aromatic N) is 4. The van der Waals surface area contributed by atoms with Crippen molar-refractivity contribution in [2.45, 2.75) is 12.5 Å². The Morgan fingerprint density at radius 3 is 3.15 bits per heavy atom. The minimum atomic E-state index is 0.187. The minimum Gasteiger partial charge on any atom is -0.336 e. The number of hydrogen-bond acceptors (Lipinski definition) is 5. The van der Waals surface area contributed by atoms with E-state index >= 15 is 0 Å². The highest BCUT2D eigenvalue weighted by Crippen LogP contribution is 2.30. The first-order valence-electron chi connectivity index (χ1n) is 8.64. The second-order valence-corrected chi connectivity index (χ2v) is 6.30. The van der Waals surface area contributed by atoms with E-state index in [0.29, 0.717) is 0 Å². The first kappa shape index (κ1) is 14.8. The summed E-state index contributed by atoms with van der Waals surface area (Å²) in [6.45, 7) is 0. The van der Waals surface area contributed by atoms with Crippen LogP contribution in [0.2, 0.25) is 0 Å². The van der Waals surface area contributed by atoms with Gasteiger partial charge in [0, 0.05) is 29.8 Å². The summed E-state index contributed by atoms with van der Waals surface area (Å²) in [4.78, 5) is 11.4. The molecule has 0 bridgehead atoms. The van der Waals surface area contributed by atoms with Gasteiger partial charge in [-0.05, 0) is 18.2 Å². The van der Waals surface area contributed by atoms with Gasteiger partial charge in [-0.1, -0.05) is 42.5 Å². The van der Waals surface area contributed by atoms with Crippen molar-refractivity contribution in [1.82, 2.24) is 15.3 Å². The Bertz CT molecular complexity index is 1050. The van der Waals surface area contributed by atoms with E-state index in [-0.39, 0.29) is 6.04 Å². The molecule has 1 N–H and O–H groups in total. The predicted molar refractivity (Wildman–Crippen MR) is 105 cm³/mol. The van der Waals surface area contributed by atoms with Crippen LogP contribution in [-0.4, -0.2) is 27.9 Å². The average Bonchev–Trinajstić information content (AvgIpc) is 3.19. The van der Waals surface area contributed by atoms with E-state index in [2.05, 4.69) is 57.0 Å². The molecule has 0 fully saturated rings. The maximum Gasteiger partial charge on any atom is 0.166 e. The summed E-state index contributed by atoms with van der Waals surface area (Å²) >= 11 is 0. The number of aliphatic imine (C=N–C) groups is 1. The van der Waals surface area contributed by atoms with Gasteiger partial charge in [-0.15, -0.1) is 0 Å². The van der Waals surface area contributed by atoms with Crippen LogP contribution in [0.1, 0.15) is 12.0 Å². The van der Waals surface area contributed by atoms with Gasteiger partial charge in [0.1, 0.15) is 0 Å². The predicted octanol–water partition coefficient (Wildman–Crippen LogP) is 3.50. The van der Waals surface area contributed by atoms with Crippen LogP contribution in [0, 0.1) is 0 Å². The van der Waals surface area contributed by atoms with Crippen molar-refractivity contribution in [2.24, 2.45) is 10.1 Å². The van der Waals surface area contributed by atoms with Crippen LogP contribution in [0.25, 0.3) is 10.9 Å². The van der Waals surface area contributed by atoms with Crippen LogP contribution >= 0.6 is 0 Å². The number of aromatic nitrogens is 1. The maximum atomic E-state index is 4.78. The highest BCUT2D eigenvalue weighted by molar-refractivity contribution is 6.03. The third-order valence-corrected chi connectivity index (χ3v) is 4.73. The number of pyridine rings is 1. The highest BCUT2D eigenvalue weighted by Gasteiger charge is 2.30. The van der Waals surface area contributed by atoms with Gasteiger partial charge < -0.3 is 4.90 Å². The second kappa shape index (κ2) is 6.11. The molecule has 3 heterocycles. The van der Waals surface area contributed by atoms with Gasteiger partial charge in [0.05, 0.1) is 29.2 Å². The van der Waals surface area contributed by atoms with Gasteiger partial charge in [-0.2, -0.15) is 5.10 Å². The molecule has 5 rings (SSSR count). The SMILES string of the molecule is C1=CC2=NC(N/N=C/c3ccnc4ccccc34)=C3CC=CN3C2C=C1. The summed E-state index contributed by atoms with van der Waals surface area (Å²) < 4.78 is 0. The smallest absolute Gasteiger partial charge is 0.166 e. The maximum absolute atomic E-state index is 4.78. The zero-order chi connectivity index (χ0) is 17.3. The molecule has 1 aromatic heterocycles. The van der Waals surface area contributed by atoms with E-state index in [1.165, 1.54) is 0 Å². The zero-order valence-electron chi connectivity index (χ0n) is 14.1. The Balaban J connectivity index is 1.44. The lowest BCUT2D eigenvalue weighted by atomic mass is 10.0. The molecule has 0 saturated heterocycles. The summed E-state index contributed by atoms with van der Waals surface area (Å²) in [7, 11) is 0. The van der Waals surface area contributed by atoms with Crippen molar-refractivity contribution >= 4 is 22.8 Å². The quantitative estimate of drug-likeness (QED) is 0.688. The summed E-state index contributed by atoms with van der Waals surface area (Å²) in [6, 6.07) is 10.2. The molecule has 3 aliphatic rings. The number of para-hydroxylation sites is 1. The van der Waals surface area contributed by atoms with Crippen molar-refractivity contribution in [3.63, 3.8) is 0 Å². The van der Waals surface area contributed by atoms with Gasteiger partial charge >= 0.3 is 0 Å².